The Bertz CT molecular complexity index is 313. The normalized spacial score (nSPS) is 14.1. The fraction of sp³-hybridized carbons (Fsp3) is 0.957. The molecule has 0 saturated heterocycles. The largest absolute Gasteiger partial charge is 0.481 e. The molecule has 0 rings (SSSR count). The summed E-state index contributed by atoms with van der Waals surface area (Å²) in [6.45, 7) is 7.63. The Morgan fingerprint density at radius 2 is 1.11 bits per heavy atom. The zero-order valence-corrected chi connectivity index (χ0v) is 18.8. The van der Waals surface area contributed by atoms with Crippen molar-refractivity contribution in [2.75, 3.05) is 0 Å². The third kappa shape index (κ3) is 25.4. The summed E-state index contributed by atoms with van der Waals surface area (Å²) in [5, 5.41) is 17.4. The minimum absolute atomic E-state index is 0.199. The Balaban J connectivity index is 0. The number of carbonyl (C=O) groups is 1. The van der Waals surface area contributed by atoms with Crippen molar-refractivity contribution in [3.63, 3.8) is 0 Å². The predicted octanol–water partition coefficient (Wildman–Crippen LogP) is 6.64. The molecule has 0 fully saturated rings. The van der Waals surface area contributed by atoms with Gasteiger partial charge in [-0.15, -0.1) is 0 Å². The molecule has 0 radical (unpaired) electrons. The van der Waals surface area contributed by atoms with Crippen molar-refractivity contribution in [2.45, 2.75) is 136 Å². The molecule has 0 aliphatic carbocycles. The molecule has 0 aromatic carbocycles. The average molecular weight is 388 g/mol. The van der Waals surface area contributed by atoms with E-state index in [2.05, 4.69) is 6.92 Å². The van der Waals surface area contributed by atoms with Crippen LogP contribution in [0.2, 0.25) is 0 Å². The van der Waals surface area contributed by atoms with Crippen LogP contribution in [0.4, 0.5) is 0 Å². The number of rotatable bonds is 17. The Labute approximate surface area is 169 Å². The lowest BCUT2D eigenvalue weighted by Gasteiger charge is -2.25. The molecule has 4 heteroatoms. The molecule has 0 aliphatic heterocycles. The number of nitrogens with two attached hydrogens (primary N) is 1. The smallest absolute Gasteiger partial charge is 0.303 e. The molecular formula is C23H49NO3. The van der Waals surface area contributed by atoms with Crippen LogP contribution in [-0.4, -0.2) is 21.9 Å². The van der Waals surface area contributed by atoms with Gasteiger partial charge in [0.05, 0.1) is 0 Å². The van der Waals surface area contributed by atoms with Crippen LogP contribution >= 0.6 is 0 Å². The van der Waals surface area contributed by atoms with Crippen LogP contribution in [0.15, 0.2) is 0 Å². The summed E-state index contributed by atoms with van der Waals surface area (Å²) in [5.41, 5.74) is 4.69. The maximum absolute atomic E-state index is 9.67. The van der Waals surface area contributed by atoms with Gasteiger partial charge in [-0.25, -0.2) is 0 Å². The molecule has 0 aromatic rings. The van der Waals surface area contributed by atoms with Gasteiger partial charge in [-0.2, -0.15) is 0 Å². The van der Waals surface area contributed by atoms with Gasteiger partial charge < -0.3 is 15.9 Å². The van der Waals surface area contributed by atoms with Gasteiger partial charge in [-0.05, 0) is 19.3 Å². The number of carboxylic acid groups (broad SMARTS) is 1. The number of aliphatic carboxylic acids is 1. The van der Waals surface area contributed by atoms with Crippen LogP contribution in [0, 0.1) is 5.92 Å². The third-order valence-electron chi connectivity index (χ3n) is 5.29. The second-order valence-electron chi connectivity index (χ2n) is 8.26. The molecule has 0 amide bonds. The lowest BCUT2D eigenvalue weighted by molar-refractivity contribution is -0.136. The Morgan fingerprint density at radius 3 is 1.37 bits per heavy atom. The number of aliphatic hydroxyl groups is 1. The van der Waals surface area contributed by atoms with Crippen molar-refractivity contribution in [1.82, 2.24) is 0 Å². The van der Waals surface area contributed by atoms with Crippen LogP contribution < -0.4 is 5.73 Å². The Morgan fingerprint density at radius 1 is 0.815 bits per heavy atom. The lowest BCUT2D eigenvalue weighted by Crippen LogP contribution is -2.42. The second-order valence-corrected chi connectivity index (χ2v) is 8.26. The minimum atomic E-state index is -1.00. The fourth-order valence-electron chi connectivity index (χ4n) is 2.94. The molecule has 4 N–H and O–H groups in total. The van der Waals surface area contributed by atoms with Gasteiger partial charge in [0.25, 0.3) is 0 Å². The quantitative estimate of drug-likeness (QED) is 0.193. The van der Waals surface area contributed by atoms with Crippen molar-refractivity contribution in [1.29, 1.82) is 0 Å². The molecule has 0 heterocycles. The standard InChI is InChI=1S/C20H43NO.C3H6O2/c1-4-5-6-7-8-9-10-11-12-13-14-15-16-17-18-19(2)20(3,21)22;1-2-3(4)5/h19,22H,4-18,21H2,1-3H3;2H2,1H3,(H,4,5). The van der Waals surface area contributed by atoms with E-state index >= 15 is 0 Å². The first-order valence-electron chi connectivity index (χ1n) is 11.5. The highest BCUT2D eigenvalue weighted by Gasteiger charge is 2.21. The number of hydrogen-bond donors (Lipinski definition) is 3. The first-order valence-corrected chi connectivity index (χ1v) is 11.5. The molecule has 164 valence electrons. The SMILES string of the molecule is CCC(=O)O.CCCCCCCCCCCCCCCCC(C)C(C)(N)O. The van der Waals surface area contributed by atoms with Crippen LogP contribution in [0.25, 0.3) is 0 Å². The van der Waals surface area contributed by atoms with Crippen LogP contribution in [0.5, 0.6) is 0 Å². The zero-order valence-electron chi connectivity index (χ0n) is 18.8. The summed E-state index contributed by atoms with van der Waals surface area (Å²) in [6.07, 6.45) is 20.7. The summed E-state index contributed by atoms with van der Waals surface area (Å²) < 4.78 is 0. The van der Waals surface area contributed by atoms with E-state index in [-0.39, 0.29) is 12.3 Å². The molecule has 0 aliphatic rings. The van der Waals surface area contributed by atoms with Crippen LogP contribution in [-0.2, 0) is 4.79 Å². The van der Waals surface area contributed by atoms with Gasteiger partial charge >= 0.3 is 5.97 Å². The van der Waals surface area contributed by atoms with Gasteiger partial charge in [0, 0.05) is 6.42 Å². The van der Waals surface area contributed by atoms with Gasteiger partial charge in [-0.3, -0.25) is 4.79 Å². The lowest BCUT2D eigenvalue weighted by atomic mass is 9.93. The van der Waals surface area contributed by atoms with Gasteiger partial charge in [0.2, 0.25) is 0 Å². The van der Waals surface area contributed by atoms with Crippen molar-refractivity contribution in [2.24, 2.45) is 11.7 Å². The minimum Gasteiger partial charge on any atom is -0.481 e. The first-order chi connectivity index (χ1) is 12.8. The molecule has 0 spiro atoms. The topological polar surface area (TPSA) is 83.5 Å². The summed E-state index contributed by atoms with van der Waals surface area (Å²) in [5.74, 6) is -0.546. The van der Waals surface area contributed by atoms with Crippen molar-refractivity contribution < 1.29 is 15.0 Å². The molecular weight excluding hydrogens is 338 g/mol. The number of carboxylic acids is 1. The first kappa shape index (κ1) is 28.6. The molecule has 27 heavy (non-hydrogen) atoms. The fourth-order valence-corrected chi connectivity index (χ4v) is 2.94. The predicted molar refractivity (Wildman–Crippen MR) is 117 cm³/mol. The van der Waals surface area contributed by atoms with E-state index < -0.39 is 11.7 Å². The number of unbranched alkanes of at least 4 members (excludes halogenated alkanes) is 13. The maximum atomic E-state index is 9.67. The van der Waals surface area contributed by atoms with E-state index in [1.165, 1.54) is 89.9 Å². The highest BCUT2D eigenvalue weighted by molar-refractivity contribution is 5.66. The Kier molecular flexibility index (Phi) is 21.3. The van der Waals surface area contributed by atoms with Crippen molar-refractivity contribution in [3.05, 3.63) is 0 Å². The molecule has 0 saturated carbocycles. The highest BCUT2D eigenvalue weighted by atomic mass is 16.4. The van der Waals surface area contributed by atoms with Crippen molar-refractivity contribution >= 4 is 5.97 Å². The van der Waals surface area contributed by atoms with Gasteiger partial charge in [-0.1, -0.05) is 111 Å². The van der Waals surface area contributed by atoms with E-state index in [1.54, 1.807) is 13.8 Å². The van der Waals surface area contributed by atoms with E-state index in [1.807, 2.05) is 6.92 Å². The van der Waals surface area contributed by atoms with E-state index in [9.17, 15) is 9.90 Å². The Hall–Kier alpha value is -0.610. The van der Waals surface area contributed by atoms with Crippen molar-refractivity contribution in [3.8, 4) is 0 Å². The van der Waals surface area contributed by atoms with E-state index in [0.29, 0.717) is 0 Å². The average Bonchev–Trinajstić information content (AvgIpc) is 2.61. The highest BCUT2D eigenvalue weighted by Crippen LogP contribution is 2.19. The maximum Gasteiger partial charge on any atom is 0.303 e. The molecule has 4 nitrogen and oxygen atoms in total. The summed E-state index contributed by atoms with van der Waals surface area (Å²) >= 11 is 0. The van der Waals surface area contributed by atoms with Crippen LogP contribution in [0.1, 0.15) is 130 Å². The molecule has 0 aromatic heterocycles. The third-order valence-corrected chi connectivity index (χ3v) is 5.29. The summed E-state index contributed by atoms with van der Waals surface area (Å²) in [7, 11) is 0. The van der Waals surface area contributed by atoms with Gasteiger partial charge in [0.15, 0.2) is 0 Å². The van der Waals surface area contributed by atoms with Crippen LogP contribution in [0.3, 0.4) is 0 Å². The zero-order chi connectivity index (χ0) is 21.0. The monoisotopic (exact) mass is 387 g/mol. The molecule has 2 atom stereocenters. The van der Waals surface area contributed by atoms with Gasteiger partial charge in [0.1, 0.15) is 5.72 Å². The second kappa shape index (κ2) is 20.1. The number of hydrogen-bond acceptors (Lipinski definition) is 3. The molecule has 0 bridgehead atoms. The molecule has 2 unspecified atom stereocenters. The van der Waals surface area contributed by atoms with E-state index in [4.69, 9.17) is 10.8 Å². The van der Waals surface area contributed by atoms with E-state index in [0.717, 1.165) is 6.42 Å². The summed E-state index contributed by atoms with van der Waals surface area (Å²) in [4.78, 5) is 9.37. The summed E-state index contributed by atoms with van der Waals surface area (Å²) in [6, 6.07) is 0.